The van der Waals surface area contributed by atoms with Gasteiger partial charge in [-0.05, 0) is 25.7 Å². The predicted octanol–water partition coefficient (Wildman–Crippen LogP) is 2.10. The molecule has 2 aliphatic heterocycles. The summed E-state index contributed by atoms with van der Waals surface area (Å²) in [6.07, 6.45) is 3.81. The Morgan fingerprint density at radius 2 is 2.14 bits per heavy atom. The second kappa shape index (κ2) is 8.40. The number of hydrogen-bond donors (Lipinski definition) is 2. The molecule has 28 heavy (non-hydrogen) atoms. The molecule has 2 N–H and O–H groups in total. The summed E-state index contributed by atoms with van der Waals surface area (Å²) >= 11 is 0. The largest absolute Gasteiger partial charge is 0.376 e. The number of morpholine rings is 1. The molecule has 0 spiro atoms. The SMILES string of the molecule is Cc1nc([C@@H]2CN(c3cc(N[C@H]4CCCO[C@H]4C(C)C)ncn3)CCO2)n[nH]1. The Hall–Kier alpha value is -2.26. The average Bonchev–Trinajstić information content (AvgIpc) is 3.15. The highest BCUT2D eigenvalue weighted by Crippen LogP contribution is 2.26. The minimum absolute atomic E-state index is 0.165. The highest BCUT2D eigenvalue weighted by molar-refractivity contribution is 5.49. The summed E-state index contributed by atoms with van der Waals surface area (Å²) in [7, 11) is 0. The zero-order valence-corrected chi connectivity index (χ0v) is 16.8. The van der Waals surface area contributed by atoms with E-state index in [0.29, 0.717) is 24.9 Å². The number of ether oxygens (including phenoxy) is 2. The molecule has 0 unspecified atom stereocenters. The van der Waals surface area contributed by atoms with E-state index in [1.807, 2.05) is 13.0 Å². The Morgan fingerprint density at radius 3 is 2.93 bits per heavy atom. The molecule has 2 aromatic rings. The number of hydrogen-bond acceptors (Lipinski definition) is 8. The second-order valence-electron chi connectivity index (χ2n) is 7.82. The average molecular weight is 387 g/mol. The topological polar surface area (TPSA) is 101 Å². The van der Waals surface area contributed by atoms with Crippen LogP contribution in [0.25, 0.3) is 0 Å². The Balaban J connectivity index is 1.45. The molecule has 0 bridgehead atoms. The van der Waals surface area contributed by atoms with Crippen LogP contribution in [0.1, 0.15) is 44.4 Å². The van der Waals surface area contributed by atoms with E-state index in [0.717, 1.165) is 43.5 Å². The van der Waals surface area contributed by atoms with Gasteiger partial charge in [0, 0.05) is 19.2 Å². The first-order chi connectivity index (χ1) is 13.6. The molecule has 3 atom stereocenters. The fourth-order valence-electron chi connectivity index (χ4n) is 3.92. The first-order valence-corrected chi connectivity index (χ1v) is 10.1. The fraction of sp³-hybridized carbons (Fsp3) is 0.684. The fourth-order valence-corrected chi connectivity index (χ4v) is 3.92. The van der Waals surface area contributed by atoms with Gasteiger partial charge in [-0.2, -0.15) is 5.10 Å². The van der Waals surface area contributed by atoms with Gasteiger partial charge in [0.05, 0.1) is 25.3 Å². The van der Waals surface area contributed by atoms with Crippen LogP contribution >= 0.6 is 0 Å². The summed E-state index contributed by atoms with van der Waals surface area (Å²) < 4.78 is 11.8. The first kappa shape index (κ1) is 19.1. The molecule has 0 radical (unpaired) electrons. The molecule has 9 nitrogen and oxygen atoms in total. The lowest BCUT2D eigenvalue weighted by molar-refractivity contribution is -0.0203. The third-order valence-corrected chi connectivity index (χ3v) is 5.30. The Kier molecular flexibility index (Phi) is 5.72. The smallest absolute Gasteiger partial charge is 0.181 e. The van der Waals surface area contributed by atoms with Crippen LogP contribution < -0.4 is 10.2 Å². The van der Waals surface area contributed by atoms with E-state index < -0.39 is 0 Å². The van der Waals surface area contributed by atoms with E-state index in [9.17, 15) is 0 Å². The van der Waals surface area contributed by atoms with Crippen LogP contribution in [-0.2, 0) is 9.47 Å². The summed E-state index contributed by atoms with van der Waals surface area (Å²) in [6.45, 7) is 9.18. The maximum atomic E-state index is 5.99. The lowest BCUT2D eigenvalue weighted by Crippen LogP contribution is -2.43. The van der Waals surface area contributed by atoms with E-state index in [-0.39, 0.29) is 18.2 Å². The maximum absolute atomic E-state index is 5.99. The summed E-state index contributed by atoms with van der Waals surface area (Å²) in [5.74, 6) is 3.66. The van der Waals surface area contributed by atoms with E-state index in [2.05, 4.69) is 49.2 Å². The van der Waals surface area contributed by atoms with Crippen molar-refractivity contribution < 1.29 is 9.47 Å². The lowest BCUT2D eigenvalue weighted by Gasteiger charge is -2.35. The number of anilines is 2. The summed E-state index contributed by atoms with van der Waals surface area (Å²) in [4.78, 5) is 15.5. The molecular formula is C19H29N7O2. The van der Waals surface area contributed by atoms with Crippen molar-refractivity contribution in [3.05, 3.63) is 24.0 Å². The Bertz CT molecular complexity index is 781. The molecule has 9 heteroatoms. The quantitative estimate of drug-likeness (QED) is 0.804. The van der Waals surface area contributed by atoms with Gasteiger partial charge in [0.25, 0.3) is 0 Å². The van der Waals surface area contributed by atoms with Crippen molar-refractivity contribution in [3.63, 3.8) is 0 Å². The van der Waals surface area contributed by atoms with E-state index in [4.69, 9.17) is 9.47 Å². The summed E-state index contributed by atoms with van der Waals surface area (Å²) in [6, 6.07) is 2.28. The molecule has 4 rings (SSSR count). The van der Waals surface area contributed by atoms with Gasteiger partial charge in [-0.1, -0.05) is 13.8 Å². The van der Waals surface area contributed by atoms with Gasteiger partial charge in [0.15, 0.2) is 5.82 Å². The normalized spacial score (nSPS) is 25.9. The molecule has 0 amide bonds. The van der Waals surface area contributed by atoms with E-state index in [1.165, 1.54) is 0 Å². The monoisotopic (exact) mass is 387 g/mol. The minimum atomic E-state index is -0.165. The molecule has 2 aromatic heterocycles. The van der Waals surface area contributed by atoms with Crippen molar-refractivity contribution in [1.82, 2.24) is 25.1 Å². The molecule has 2 saturated heterocycles. The highest BCUT2D eigenvalue weighted by atomic mass is 16.5. The van der Waals surface area contributed by atoms with Crippen molar-refractivity contribution in [2.45, 2.75) is 51.9 Å². The predicted molar refractivity (Wildman–Crippen MR) is 105 cm³/mol. The second-order valence-corrected chi connectivity index (χ2v) is 7.82. The zero-order chi connectivity index (χ0) is 19.5. The molecule has 0 saturated carbocycles. The van der Waals surface area contributed by atoms with Crippen LogP contribution in [0.4, 0.5) is 11.6 Å². The van der Waals surface area contributed by atoms with Gasteiger partial charge in [0.2, 0.25) is 0 Å². The maximum Gasteiger partial charge on any atom is 0.181 e. The van der Waals surface area contributed by atoms with Gasteiger partial charge >= 0.3 is 0 Å². The third kappa shape index (κ3) is 4.25. The van der Waals surface area contributed by atoms with Gasteiger partial charge in [-0.15, -0.1) is 0 Å². The van der Waals surface area contributed by atoms with Crippen LogP contribution in [-0.4, -0.2) is 63.6 Å². The molecular weight excluding hydrogens is 358 g/mol. The molecule has 2 fully saturated rings. The van der Waals surface area contributed by atoms with E-state index >= 15 is 0 Å². The van der Waals surface area contributed by atoms with Crippen LogP contribution in [0.3, 0.4) is 0 Å². The van der Waals surface area contributed by atoms with Crippen LogP contribution in [0.15, 0.2) is 12.4 Å². The number of nitrogens with one attached hydrogen (secondary N) is 2. The molecule has 0 aromatic carbocycles. The number of rotatable bonds is 5. The summed E-state index contributed by atoms with van der Waals surface area (Å²) in [5.41, 5.74) is 0. The van der Waals surface area contributed by atoms with Crippen molar-refractivity contribution in [2.75, 3.05) is 36.5 Å². The highest BCUT2D eigenvalue weighted by Gasteiger charge is 2.29. The first-order valence-electron chi connectivity index (χ1n) is 10.1. The Morgan fingerprint density at radius 1 is 1.25 bits per heavy atom. The number of nitrogens with zero attached hydrogens (tertiary/aromatic N) is 5. The minimum Gasteiger partial charge on any atom is -0.376 e. The van der Waals surface area contributed by atoms with Crippen molar-refractivity contribution >= 4 is 11.6 Å². The molecule has 0 aliphatic carbocycles. The van der Waals surface area contributed by atoms with Gasteiger partial charge < -0.3 is 19.7 Å². The van der Waals surface area contributed by atoms with E-state index in [1.54, 1.807) is 6.33 Å². The molecule has 2 aliphatic rings. The lowest BCUT2D eigenvalue weighted by atomic mass is 9.94. The van der Waals surface area contributed by atoms with Crippen molar-refractivity contribution in [3.8, 4) is 0 Å². The number of H-pyrrole nitrogens is 1. The van der Waals surface area contributed by atoms with Gasteiger partial charge in [-0.25, -0.2) is 15.0 Å². The van der Waals surface area contributed by atoms with Crippen LogP contribution in [0, 0.1) is 12.8 Å². The standard InChI is InChI=1S/C19H29N7O2/c1-12(2)18-14(5-4-7-28-18)23-16-9-17(21-11-20-16)26-6-8-27-15(10-26)19-22-13(3)24-25-19/h9,11-12,14-15,18H,4-8,10H2,1-3H3,(H,20,21,23)(H,22,24,25)/t14-,15-,18-/m0/s1. The van der Waals surface area contributed by atoms with Crippen LogP contribution in [0.2, 0.25) is 0 Å². The number of aromatic amines is 1. The summed E-state index contributed by atoms with van der Waals surface area (Å²) in [5, 5.41) is 10.7. The van der Waals surface area contributed by atoms with Crippen molar-refractivity contribution in [2.24, 2.45) is 5.92 Å². The van der Waals surface area contributed by atoms with Gasteiger partial charge in [0.1, 0.15) is 29.9 Å². The molecule has 152 valence electrons. The third-order valence-electron chi connectivity index (χ3n) is 5.30. The van der Waals surface area contributed by atoms with Gasteiger partial charge in [-0.3, -0.25) is 5.10 Å². The number of aryl methyl sites for hydroxylation is 1. The number of aromatic nitrogens is 5. The zero-order valence-electron chi connectivity index (χ0n) is 16.8. The van der Waals surface area contributed by atoms with Crippen LogP contribution in [0.5, 0.6) is 0 Å². The molecule has 4 heterocycles. The van der Waals surface area contributed by atoms with Crippen molar-refractivity contribution in [1.29, 1.82) is 0 Å². The Labute approximate surface area is 165 Å².